The first-order valence-corrected chi connectivity index (χ1v) is 8.57. The summed E-state index contributed by atoms with van der Waals surface area (Å²) in [6.07, 6.45) is 4.06. The maximum absolute atomic E-state index is 12.3. The van der Waals surface area contributed by atoms with Crippen molar-refractivity contribution in [3.05, 3.63) is 47.5 Å². The summed E-state index contributed by atoms with van der Waals surface area (Å²) in [6, 6.07) is 10.8. The minimum Gasteiger partial charge on any atom is -0.462 e. The highest BCUT2D eigenvalue weighted by Gasteiger charge is 2.24. The van der Waals surface area contributed by atoms with Crippen LogP contribution in [0.1, 0.15) is 46.4 Å². The second-order valence-electron chi connectivity index (χ2n) is 6.86. The van der Waals surface area contributed by atoms with Crippen molar-refractivity contribution < 1.29 is 19.1 Å². The molecule has 0 atom stereocenters. The third-order valence-corrected chi connectivity index (χ3v) is 5.18. The van der Waals surface area contributed by atoms with Crippen molar-refractivity contribution in [3.63, 3.8) is 0 Å². The Bertz CT molecular complexity index is 720. The lowest BCUT2D eigenvalue weighted by molar-refractivity contribution is 0.0297. The molecular weight excluding hydrogens is 304 g/mol. The normalized spacial score (nSPS) is 24.5. The van der Waals surface area contributed by atoms with Gasteiger partial charge in [-0.1, -0.05) is 12.1 Å². The molecule has 0 amide bonds. The fourth-order valence-electron chi connectivity index (χ4n) is 3.62. The van der Waals surface area contributed by atoms with E-state index in [0.29, 0.717) is 36.2 Å². The number of rotatable bonds is 0. The number of esters is 2. The topological polar surface area (TPSA) is 52.6 Å². The molecule has 2 aromatic rings. The van der Waals surface area contributed by atoms with Crippen LogP contribution in [0.15, 0.2) is 36.4 Å². The molecule has 1 saturated carbocycles. The molecule has 4 nitrogen and oxygen atoms in total. The zero-order chi connectivity index (χ0) is 16.5. The van der Waals surface area contributed by atoms with Crippen LogP contribution in [-0.2, 0) is 9.47 Å². The standard InChI is InChI=1S/C20H20O4/c21-19-17-7-5-16-10-18(8-6-15(16)9-17)20(22)24-12-14-2-1-13(3-4-14)11-23-19/h5-10,13-14H,1-4,11-12H2. The molecule has 0 N–H and O–H groups in total. The quantitative estimate of drug-likeness (QED) is 0.688. The molecule has 1 fully saturated rings. The van der Waals surface area contributed by atoms with Gasteiger partial charge in [-0.25, -0.2) is 9.59 Å². The largest absolute Gasteiger partial charge is 0.462 e. The van der Waals surface area contributed by atoms with Gasteiger partial charge >= 0.3 is 11.9 Å². The molecule has 4 heteroatoms. The summed E-state index contributed by atoms with van der Waals surface area (Å²) in [5.41, 5.74) is 1.11. The number of ether oxygens (including phenoxy) is 2. The van der Waals surface area contributed by atoms with Gasteiger partial charge in [0.25, 0.3) is 0 Å². The molecule has 0 spiro atoms. The van der Waals surface area contributed by atoms with Crippen LogP contribution in [0.3, 0.4) is 0 Å². The van der Waals surface area contributed by atoms with Crippen molar-refractivity contribution in [1.29, 1.82) is 0 Å². The van der Waals surface area contributed by atoms with E-state index in [1.165, 1.54) is 0 Å². The fourth-order valence-corrected chi connectivity index (χ4v) is 3.62. The molecule has 6 bridgehead atoms. The second-order valence-corrected chi connectivity index (χ2v) is 6.86. The molecule has 124 valence electrons. The third-order valence-electron chi connectivity index (χ3n) is 5.18. The van der Waals surface area contributed by atoms with Crippen molar-refractivity contribution >= 4 is 22.7 Å². The van der Waals surface area contributed by atoms with Crippen molar-refractivity contribution in [2.45, 2.75) is 25.7 Å². The van der Waals surface area contributed by atoms with Crippen molar-refractivity contribution in [3.8, 4) is 0 Å². The third kappa shape index (κ3) is 3.01. The van der Waals surface area contributed by atoms with Gasteiger partial charge in [-0.05, 0) is 72.6 Å². The lowest BCUT2D eigenvalue weighted by Gasteiger charge is -2.28. The highest BCUT2D eigenvalue weighted by atomic mass is 16.5. The molecule has 5 aliphatic heterocycles. The zero-order valence-corrected chi connectivity index (χ0v) is 13.5. The zero-order valence-electron chi connectivity index (χ0n) is 13.5. The average Bonchev–Trinajstić information content (AvgIpc) is 2.63. The Morgan fingerprint density at radius 1 is 0.667 bits per heavy atom. The van der Waals surface area contributed by atoms with Crippen LogP contribution in [-0.4, -0.2) is 25.2 Å². The Morgan fingerprint density at radius 2 is 1.08 bits per heavy atom. The van der Waals surface area contributed by atoms with Gasteiger partial charge in [0.1, 0.15) is 0 Å². The molecule has 6 aliphatic rings. The SMILES string of the molecule is O=C1OCC2CCC(CC2)COC(=O)c2ccc3cc1ccc3c2. The summed E-state index contributed by atoms with van der Waals surface area (Å²) >= 11 is 0. The monoisotopic (exact) mass is 324 g/mol. The van der Waals surface area contributed by atoms with Gasteiger partial charge < -0.3 is 9.47 Å². The number of carbonyl (C=O) groups is 2. The summed E-state index contributed by atoms with van der Waals surface area (Å²) < 4.78 is 11.0. The van der Waals surface area contributed by atoms with Crippen LogP contribution in [0.5, 0.6) is 0 Å². The summed E-state index contributed by atoms with van der Waals surface area (Å²) in [7, 11) is 0. The van der Waals surface area contributed by atoms with Crippen LogP contribution in [0.2, 0.25) is 0 Å². The summed E-state index contributed by atoms with van der Waals surface area (Å²) in [5, 5.41) is 1.82. The van der Waals surface area contributed by atoms with Crippen LogP contribution >= 0.6 is 0 Å². The number of benzene rings is 2. The maximum atomic E-state index is 12.3. The minimum absolute atomic E-state index is 0.269. The van der Waals surface area contributed by atoms with E-state index >= 15 is 0 Å². The van der Waals surface area contributed by atoms with Crippen LogP contribution in [0.25, 0.3) is 10.8 Å². The molecule has 0 radical (unpaired) electrons. The second kappa shape index (κ2) is 6.27. The maximum Gasteiger partial charge on any atom is 0.338 e. The Balaban J connectivity index is 1.70. The Morgan fingerprint density at radius 3 is 1.50 bits per heavy atom. The van der Waals surface area contributed by atoms with Gasteiger partial charge in [0.2, 0.25) is 0 Å². The molecule has 0 unspecified atom stereocenters. The smallest absolute Gasteiger partial charge is 0.338 e. The fraction of sp³-hybridized carbons (Fsp3) is 0.400. The predicted octanol–water partition coefficient (Wildman–Crippen LogP) is 3.97. The van der Waals surface area contributed by atoms with Crippen molar-refractivity contribution in [2.75, 3.05) is 13.2 Å². The summed E-state index contributed by atoms with van der Waals surface area (Å²) in [4.78, 5) is 24.6. The Labute approximate surface area is 140 Å². The van der Waals surface area contributed by atoms with E-state index in [1.54, 1.807) is 12.1 Å². The molecule has 1 aliphatic carbocycles. The van der Waals surface area contributed by atoms with Gasteiger partial charge in [0, 0.05) is 0 Å². The molecular formula is C20H20O4. The first-order chi connectivity index (χ1) is 11.7. The van der Waals surface area contributed by atoms with Crippen molar-refractivity contribution in [1.82, 2.24) is 0 Å². The van der Waals surface area contributed by atoms with Gasteiger partial charge in [-0.2, -0.15) is 0 Å². The summed E-state index contributed by atoms with van der Waals surface area (Å²) in [5.74, 6) is 0.288. The van der Waals surface area contributed by atoms with E-state index in [9.17, 15) is 9.59 Å². The van der Waals surface area contributed by atoms with E-state index < -0.39 is 0 Å². The number of hydrogen-bond donors (Lipinski definition) is 0. The van der Waals surface area contributed by atoms with Crippen LogP contribution in [0, 0.1) is 11.8 Å². The highest BCUT2D eigenvalue weighted by molar-refractivity contribution is 5.99. The lowest BCUT2D eigenvalue weighted by atomic mass is 9.83. The number of carbonyl (C=O) groups excluding carboxylic acids is 2. The molecule has 0 aromatic heterocycles. The van der Waals surface area contributed by atoms with Crippen LogP contribution < -0.4 is 0 Å². The first kappa shape index (κ1) is 15.2. The lowest BCUT2D eigenvalue weighted by Crippen LogP contribution is -2.24. The molecule has 2 aromatic carbocycles. The van der Waals surface area contributed by atoms with Crippen LogP contribution in [0.4, 0.5) is 0 Å². The van der Waals surface area contributed by atoms with E-state index in [0.717, 1.165) is 36.5 Å². The predicted molar refractivity (Wildman–Crippen MR) is 90.0 cm³/mol. The Kier molecular flexibility index (Phi) is 3.97. The molecule has 0 saturated heterocycles. The van der Waals surface area contributed by atoms with Gasteiger partial charge in [0.05, 0.1) is 24.3 Å². The average molecular weight is 324 g/mol. The van der Waals surface area contributed by atoms with Gasteiger partial charge in [-0.3, -0.25) is 0 Å². The van der Waals surface area contributed by atoms with Crippen molar-refractivity contribution in [2.24, 2.45) is 11.8 Å². The molecule has 8 rings (SSSR count). The summed E-state index contributed by atoms with van der Waals surface area (Å²) in [6.45, 7) is 0.949. The highest BCUT2D eigenvalue weighted by Crippen LogP contribution is 2.30. The molecule has 24 heavy (non-hydrogen) atoms. The minimum atomic E-state index is -0.269. The van der Waals surface area contributed by atoms with E-state index in [1.807, 2.05) is 24.3 Å². The Hall–Kier alpha value is -2.36. The van der Waals surface area contributed by atoms with E-state index in [4.69, 9.17) is 9.47 Å². The van der Waals surface area contributed by atoms with Gasteiger partial charge in [0.15, 0.2) is 0 Å². The van der Waals surface area contributed by atoms with E-state index in [2.05, 4.69) is 0 Å². The van der Waals surface area contributed by atoms with Gasteiger partial charge in [-0.15, -0.1) is 0 Å². The van der Waals surface area contributed by atoms with E-state index in [-0.39, 0.29) is 11.9 Å². The molecule has 5 heterocycles. The first-order valence-electron chi connectivity index (χ1n) is 8.57. The number of hydrogen-bond acceptors (Lipinski definition) is 4.